The lowest BCUT2D eigenvalue weighted by atomic mass is 9.99. The van der Waals surface area contributed by atoms with Crippen molar-refractivity contribution < 1.29 is 9.18 Å². The van der Waals surface area contributed by atoms with Crippen LogP contribution in [0, 0.1) is 12.7 Å². The second-order valence-corrected chi connectivity index (χ2v) is 6.27. The Morgan fingerprint density at radius 3 is 2.81 bits per heavy atom. The smallest absolute Gasteiger partial charge is 0.231 e. The molecule has 1 aliphatic rings. The van der Waals surface area contributed by atoms with Crippen molar-refractivity contribution in [3.63, 3.8) is 0 Å². The molecule has 108 valence electrons. The van der Waals surface area contributed by atoms with E-state index >= 15 is 0 Å². The van der Waals surface area contributed by atoms with Gasteiger partial charge in [0.05, 0.1) is 11.2 Å². The van der Waals surface area contributed by atoms with E-state index in [9.17, 15) is 9.18 Å². The Balaban J connectivity index is 2.00. The summed E-state index contributed by atoms with van der Waals surface area (Å²) in [5, 5.41) is 0. The minimum Gasteiger partial charge on any atom is -0.315 e. The average Bonchev–Trinajstić information content (AvgIpc) is 2.76. The standard InChI is InChI=1S/C17H15BrFNO/c1-10-4-3-5-13(17(10)19)16(18)11-6-7-14-12(8-11)9-15(21)20(14)2/h3-8,16H,9H2,1-2H3. The summed E-state index contributed by atoms with van der Waals surface area (Å²) in [5.74, 6) is -0.0944. The lowest BCUT2D eigenvalue weighted by Crippen LogP contribution is -2.20. The van der Waals surface area contributed by atoms with E-state index < -0.39 is 0 Å². The normalized spacial score (nSPS) is 15.2. The van der Waals surface area contributed by atoms with E-state index in [1.165, 1.54) is 0 Å². The van der Waals surface area contributed by atoms with Gasteiger partial charge in [-0.3, -0.25) is 4.79 Å². The van der Waals surface area contributed by atoms with Crippen LogP contribution in [0.1, 0.15) is 27.1 Å². The van der Waals surface area contributed by atoms with Gasteiger partial charge in [-0.15, -0.1) is 0 Å². The highest BCUT2D eigenvalue weighted by molar-refractivity contribution is 9.09. The molecule has 0 aliphatic carbocycles. The Kier molecular flexibility index (Phi) is 3.57. The van der Waals surface area contributed by atoms with Crippen LogP contribution in [0.2, 0.25) is 0 Å². The van der Waals surface area contributed by atoms with E-state index in [-0.39, 0.29) is 16.6 Å². The molecule has 3 rings (SSSR count). The molecule has 0 N–H and O–H groups in total. The fourth-order valence-corrected chi connectivity index (χ4v) is 3.33. The number of likely N-dealkylation sites (N-methyl/N-ethyl adjacent to an activating group) is 1. The van der Waals surface area contributed by atoms with Crippen molar-refractivity contribution in [1.82, 2.24) is 0 Å². The molecular formula is C17H15BrFNO. The van der Waals surface area contributed by atoms with Gasteiger partial charge in [0, 0.05) is 18.3 Å². The largest absolute Gasteiger partial charge is 0.315 e. The quantitative estimate of drug-likeness (QED) is 0.747. The minimum atomic E-state index is -0.219. The molecule has 0 saturated carbocycles. The van der Waals surface area contributed by atoms with Crippen molar-refractivity contribution in [3.8, 4) is 0 Å². The van der Waals surface area contributed by atoms with Gasteiger partial charge in [-0.25, -0.2) is 4.39 Å². The number of amides is 1. The van der Waals surface area contributed by atoms with Gasteiger partial charge in [0.2, 0.25) is 5.91 Å². The number of aryl methyl sites for hydroxylation is 1. The first-order valence-corrected chi connectivity index (χ1v) is 7.69. The van der Waals surface area contributed by atoms with Gasteiger partial charge in [0.25, 0.3) is 0 Å². The molecule has 1 heterocycles. The summed E-state index contributed by atoms with van der Waals surface area (Å²) in [7, 11) is 1.78. The summed E-state index contributed by atoms with van der Waals surface area (Å²) in [5.41, 5.74) is 4.15. The highest BCUT2D eigenvalue weighted by Crippen LogP contribution is 2.37. The zero-order valence-corrected chi connectivity index (χ0v) is 13.4. The Bertz CT molecular complexity index is 729. The number of hydrogen-bond donors (Lipinski definition) is 0. The van der Waals surface area contributed by atoms with Crippen molar-refractivity contribution in [2.24, 2.45) is 0 Å². The monoisotopic (exact) mass is 347 g/mol. The number of alkyl halides is 1. The number of nitrogens with zero attached hydrogens (tertiary/aromatic N) is 1. The molecule has 4 heteroatoms. The number of halogens is 2. The second-order valence-electron chi connectivity index (χ2n) is 5.36. The number of benzene rings is 2. The van der Waals surface area contributed by atoms with Gasteiger partial charge in [0.15, 0.2) is 0 Å². The Hall–Kier alpha value is -1.68. The molecule has 1 unspecified atom stereocenters. The Morgan fingerprint density at radius 2 is 2.05 bits per heavy atom. The first kappa shape index (κ1) is 14.3. The molecule has 21 heavy (non-hydrogen) atoms. The van der Waals surface area contributed by atoms with Crippen LogP contribution in [0.5, 0.6) is 0 Å². The molecule has 1 amide bonds. The summed E-state index contributed by atoms with van der Waals surface area (Å²) in [6, 6.07) is 11.2. The van der Waals surface area contributed by atoms with E-state index in [0.29, 0.717) is 17.5 Å². The van der Waals surface area contributed by atoms with Gasteiger partial charge in [0.1, 0.15) is 5.82 Å². The van der Waals surface area contributed by atoms with E-state index in [1.54, 1.807) is 31.0 Å². The molecule has 0 bridgehead atoms. The van der Waals surface area contributed by atoms with E-state index in [1.807, 2.05) is 24.3 Å². The van der Waals surface area contributed by atoms with Gasteiger partial charge in [-0.2, -0.15) is 0 Å². The van der Waals surface area contributed by atoms with Crippen molar-refractivity contribution in [2.45, 2.75) is 18.2 Å². The Morgan fingerprint density at radius 1 is 1.29 bits per heavy atom. The third-order valence-corrected chi connectivity index (χ3v) is 4.99. The predicted molar refractivity (Wildman–Crippen MR) is 85.5 cm³/mol. The fourth-order valence-electron chi connectivity index (χ4n) is 2.69. The van der Waals surface area contributed by atoms with Crippen molar-refractivity contribution in [2.75, 3.05) is 11.9 Å². The summed E-state index contributed by atoms with van der Waals surface area (Å²) >= 11 is 3.58. The summed E-state index contributed by atoms with van der Waals surface area (Å²) in [6.45, 7) is 1.76. The molecule has 2 aromatic carbocycles. The SMILES string of the molecule is Cc1cccc(C(Br)c2ccc3c(c2)CC(=O)N3C)c1F. The predicted octanol–water partition coefficient (Wildman–Crippen LogP) is 4.14. The highest BCUT2D eigenvalue weighted by Gasteiger charge is 2.25. The number of carbonyl (C=O) groups is 1. The van der Waals surface area contributed by atoms with Crippen LogP contribution in [0.4, 0.5) is 10.1 Å². The van der Waals surface area contributed by atoms with E-state index in [2.05, 4.69) is 15.9 Å². The maximum Gasteiger partial charge on any atom is 0.231 e. The van der Waals surface area contributed by atoms with E-state index in [4.69, 9.17) is 0 Å². The second kappa shape index (κ2) is 5.26. The first-order valence-electron chi connectivity index (χ1n) is 6.77. The number of carbonyl (C=O) groups excluding carboxylic acids is 1. The van der Waals surface area contributed by atoms with Crippen molar-refractivity contribution in [1.29, 1.82) is 0 Å². The van der Waals surface area contributed by atoms with Gasteiger partial charge in [-0.05, 0) is 29.7 Å². The molecule has 0 fully saturated rings. The molecule has 0 spiro atoms. The fraction of sp³-hybridized carbons (Fsp3) is 0.235. The number of rotatable bonds is 2. The van der Waals surface area contributed by atoms with Crippen LogP contribution in [-0.4, -0.2) is 13.0 Å². The zero-order chi connectivity index (χ0) is 15.1. The number of anilines is 1. The average molecular weight is 348 g/mol. The van der Waals surface area contributed by atoms with Gasteiger partial charge >= 0.3 is 0 Å². The molecule has 2 aromatic rings. The maximum atomic E-state index is 14.2. The zero-order valence-electron chi connectivity index (χ0n) is 11.9. The minimum absolute atomic E-state index is 0.0926. The first-order chi connectivity index (χ1) is 9.99. The van der Waals surface area contributed by atoms with Crippen molar-refractivity contribution in [3.05, 3.63) is 64.5 Å². The molecule has 2 nitrogen and oxygen atoms in total. The molecule has 0 aromatic heterocycles. The Labute approximate surface area is 131 Å². The van der Waals surface area contributed by atoms with Crippen LogP contribution in [0.15, 0.2) is 36.4 Å². The topological polar surface area (TPSA) is 20.3 Å². The number of fused-ring (bicyclic) bond motifs is 1. The summed E-state index contributed by atoms with van der Waals surface area (Å²) < 4.78 is 14.2. The van der Waals surface area contributed by atoms with Crippen LogP contribution >= 0.6 is 15.9 Å². The lowest BCUT2D eigenvalue weighted by molar-refractivity contribution is -0.117. The molecular weight excluding hydrogens is 333 g/mol. The van der Waals surface area contributed by atoms with E-state index in [0.717, 1.165) is 16.8 Å². The van der Waals surface area contributed by atoms with Crippen molar-refractivity contribution >= 4 is 27.5 Å². The van der Waals surface area contributed by atoms with Crippen LogP contribution in [0.3, 0.4) is 0 Å². The summed E-state index contributed by atoms with van der Waals surface area (Å²) in [4.78, 5) is 13.2. The lowest BCUT2D eigenvalue weighted by Gasteiger charge is -2.15. The molecule has 1 aliphatic heterocycles. The molecule has 0 saturated heterocycles. The third-order valence-electron chi connectivity index (χ3n) is 3.97. The number of hydrogen-bond acceptors (Lipinski definition) is 1. The van der Waals surface area contributed by atoms with Gasteiger partial charge in [-0.1, -0.05) is 46.3 Å². The summed E-state index contributed by atoms with van der Waals surface area (Å²) in [6.07, 6.45) is 0.412. The van der Waals surface area contributed by atoms with Crippen LogP contribution < -0.4 is 4.90 Å². The van der Waals surface area contributed by atoms with Gasteiger partial charge < -0.3 is 4.90 Å². The molecule has 1 atom stereocenters. The maximum absolute atomic E-state index is 14.2. The molecule has 0 radical (unpaired) electrons. The third kappa shape index (κ3) is 2.38. The van der Waals surface area contributed by atoms with Crippen LogP contribution in [0.25, 0.3) is 0 Å². The highest BCUT2D eigenvalue weighted by atomic mass is 79.9. The van der Waals surface area contributed by atoms with Crippen LogP contribution in [-0.2, 0) is 11.2 Å².